The molecular formula is C16H17Cl2NO. The third-order valence-corrected chi connectivity index (χ3v) is 3.42. The zero-order valence-electron chi connectivity index (χ0n) is 11.3. The monoisotopic (exact) mass is 309 g/mol. The average Bonchev–Trinajstić information content (AvgIpc) is 2.44. The van der Waals surface area contributed by atoms with Crippen LogP contribution in [0, 0.1) is 0 Å². The van der Waals surface area contributed by atoms with Gasteiger partial charge >= 0.3 is 0 Å². The predicted octanol–water partition coefficient (Wildman–Crippen LogP) is 4.68. The highest BCUT2D eigenvalue weighted by Crippen LogP contribution is 2.29. The molecule has 0 aliphatic heterocycles. The molecule has 2 nitrogen and oxygen atoms in total. The summed E-state index contributed by atoms with van der Waals surface area (Å²) in [6.07, 6.45) is 0. The molecule has 1 N–H and O–H groups in total. The van der Waals surface area contributed by atoms with Crippen molar-refractivity contribution < 1.29 is 4.74 Å². The summed E-state index contributed by atoms with van der Waals surface area (Å²) in [6, 6.07) is 13.4. The zero-order chi connectivity index (χ0) is 14.4. The molecule has 2 aromatic rings. The van der Waals surface area contributed by atoms with Crippen molar-refractivity contribution in [2.45, 2.75) is 20.1 Å². The molecule has 106 valence electrons. The normalized spacial score (nSPS) is 10.6. The minimum absolute atomic E-state index is 0.448. The van der Waals surface area contributed by atoms with Crippen molar-refractivity contribution in [3.63, 3.8) is 0 Å². The van der Waals surface area contributed by atoms with Crippen molar-refractivity contribution in [1.82, 2.24) is 5.32 Å². The van der Waals surface area contributed by atoms with Crippen molar-refractivity contribution >= 4 is 23.2 Å². The molecule has 2 aromatic carbocycles. The second-order valence-electron chi connectivity index (χ2n) is 4.43. The van der Waals surface area contributed by atoms with Crippen LogP contribution in [0.3, 0.4) is 0 Å². The Kier molecular flexibility index (Phi) is 5.72. The van der Waals surface area contributed by atoms with E-state index in [0.29, 0.717) is 16.7 Å². The standard InChI is InChI=1S/C16H17Cl2NO/c1-2-19-10-13-6-4-8-15(18)16(13)20-11-12-5-3-7-14(17)9-12/h3-9,19H,2,10-11H2,1H3. The van der Waals surface area contributed by atoms with Crippen molar-refractivity contribution in [3.8, 4) is 5.75 Å². The molecule has 0 spiro atoms. The van der Waals surface area contributed by atoms with Gasteiger partial charge in [0.2, 0.25) is 0 Å². The van der Waals surface area contributed by atoms with E-state index in [4.69, 9.17) is 27.9 Å². The number of benzene rings is 2. The van der Waals surface area contributed by atoms with Crippen LogP contribution in [-0.2, 0) is 13.2 Å². The molecule has 0 fully saturated rings. The molecule has 0 bridgehead atoms. The van der Waals surface area contributed by atoms with Gasteiger partial charge in [-0.2, -0.15) is 0 Å². The van der Waals surface area contributed by atoms with Gasteiger partial charge in [0, 0.05) is 17.1 Å². The molecule has 0 unspecified atom stereocenters. The van der Waals surface area contributed by atoms with Crippen LogP contribution in [0.1, 0.15) is 18.1 Å². The van der Waals surface area contributed by atoms with Crippen LogP contribution in [0.4, 0.5) is 0 Å². The Bertz CT molecular complexity index is 572. The van der Waals surface area contributed by atoms with Gasteiger partial charge in [-0.15, -0.1) is 0 Å². The van der Waals surface area contributed by atoms with Gasteiger partial charge in [0.25, 0.3) is 0 Å². The molecule has 0 atom stereocenters. The van der Waals surface area contributed by atoms with Gasteiger partial charge in [-0.3, -0.25) is 0 Å². The fraction of sp³-hybridized carbons (Fsp3) is 0.250. The number of hydrogen-bond donors (Lipinski definition) is 1. The highest BCUT2D eigenvalue weighted by atomic mass is 35.5. The lowest BCUT2D eigenvalue weighted by Gasteiger charge is -2.13. The van der Waals surface area contributed by atoms with Crippen LogP contribution >= 0.6 is 23.2 Å². The molecule has 0 saturated carbocycles. The van der Waals surface area contributed by atoms with Crippen molar-refractivity contribution in [1.29, 1.82) is 0 Å². The van der Waals surface area contributed by atoms with Crippen LogP contribution in [-0.4, -0.2) is 6.54 Å². The fourth-order valence-electron chi connectivity index (χ4n) is 1.90. The van der Waals surface area contributed by atoms with Crippen LogP contribution in [0.5, 0.6) is 5.75 Å². The molecule has 0 saturated heterocycles. The molecule has 0 aromatic heterocycles. The third kappa shape index (κ3) is 4.14. The number of ether oxygens (including phenoxy) is 1. The quantitative estimate of drug-likeness (QED) is 0.836. The van der Waals surface area contributed by atoms with E-state index in [1.165, 1.54) is 0 Å². The number of rotatable bonds is 6. The lowest BCUT2D eigenvalue weighted by atomic mass is 10.2. The molecule has 0 heterocycles. The SMILES string of the molecule is CCNCc1cccc(Cl)c1OCc1cccc(Cl)c1. The minimum atomic E-state index is 0.448. The molecule has 4 heteroatoms. The summed E-state index contributed by atoms with van der Waals surface area (Å²) in [6.45, 7) is 4.16. The Morgan fingerprint density at radius 3 is 2.65 bits per heavy atom. The molecule has 0 amide bonds. The first-order valence-electron chi connectivity index (χ1n) is 6.56. The summed E-state index contributed by atoms with van der Waals surface area (Å²) in [7, 11) is 0. The second-order valence-corrected chi connectivity index (χ2v) is 5.27. The summed E-state index contributed by atoms with van der Waals surface area (Å²) < 4.78 is 5.88. The number of para-hydroxylation sites is 1. The first kappa shape index (κ1) is 15.2. The predicted molar refractivity (Wildman–Crippen MR) is 84.6 cm³/mol. The van der Waals surface area contributed by atoms with E-state index in [1.807, 2.05) is 42.5 Å². The molecular weight excluding hydrogens is 293 g/mol. The molecule has 0 aliphatic rings. The minimum Gasteiger partial charge on any atom is -0.487 e. The van der Waals surface area contributed by atoms with Gasteiger partial charge in [-0.05, 0) is 30.3 Å². The summed E-state index contributed by atoms with van der Waals surface area (Å²) in [5.41, 5.74) is 2.08. The van der Waals surface area contributed by atoms with Crippen LogP contribution < -0.4 is 10.1 Å². The molecule has 20 heavy (non-hydrogen) atoms. The summed E-state index contributed by atoms with van der Waals surface area (Å²) >= 11 is 12.2. The van der Waals surface area contributed by atoms with E-state index in [2.05, 4.69) is 12.2 Å². The summed E-state index contributed by atoms with van der Waals surface area (Å²) in [5, 5.41) is 4.61. The largest absolute Gasteiger partial charge is 0.487 e. The van der Waals surface area contributed by atoms with Gasteiger partial charge in [-0.25, -0.2) is 0 Å². The highest BCUT2D eigenvalue weighted by molar-refractivity contribution is 6.32. The number of hydrogen-bond acceptors (Lipinski definition) is 2. The van der Waals surface area contributed by atoms with E-state index >= 15 is 0 Å². The zero-order valence-corrected chi connectivity index (χ0v) is 12.8. The molecule has 0 aliphatic carbocycles. The van der Waals surface area contributed by atoms with E-state index in [1.54, 1.807) is 0 Å². The van der Waals surface area contributed by atoms with Crippen molar-refractivity contribution in [2.75, 3.05) is 6.54 Å². The number of halogens is 2. The summed E-state index contributed by atoms with van der Waals surface area (Å²) in [5.74, 6) is 0.732. The lowest BCUT2D eigenvalue weighted by molar-refractivity contribution is 0.302. The van der Waals surface area contributed by atoms with Crippen LogP contribution in [0.2, 0.25) is 10.0 Å². The second kappa shape index (κ2) is 7.53. The summed E-state index contributed by atoms with van der Waals surface area (Å²) in [4.78, 5) is 0. The van der Waals surface area contributed by atoms with E-state index in [0.717, 1.165) is 30.0 Å². The average molecular weight is 310 g/mol. The van der Waals surface area contributed by atoms with Crippen molar-refractivity contribution in [3.05, 3.63) is 63.6 Å². The van der Waals surface area contributed by atoms with E-state index in [9.17, 15) is 0 Å². The fourth-order valence-corrected chi connectivity index (χ4v) is 2.36. The highest BCUT2D eigenvalue weighted by Gasteiger charge is 2.08. The maximum atomic E-state index is 6.23. The maximum absolute atomic E-state index is 6.23. The van der Waals surface area contributed by atoms with Crippen molar-refractivity contribution in [2.24, 2.45) is 0 Å². The first-order valence-corrected chi connectivity index (χ1v) is 7.31. The number of nitrogens with one attached hydrogen (secondary N) is 1. The first-order chi connectivity index (χ1) is 9.70. The van der Waals surface area contributed by atoms with Crippen LogP contribution in [0.25, 0.3) is 0 Å². The van der Waals surface area contributed by atoms with Crippen LogP contribution in [0.15, 0.2) is 42.5 Å². The Balaban J connectivity index is 2.11. The molecule has 2 rings (SSSR count). The van der Waals surface area contributed by atoms with E-state index < -0.39 is 0 Å². The van der Waals surface area contributed by atoms with E-state index in [-0.39, 0.29) is 0 Å². The van der Waals surface area contributed by atoms with Gasteiger partial charge in [-0.1, -0.05) is 54.4 Å². The van der Waals surface area contributed by atoms with Gasteiger partial charge in [0.05, 0.1) is 5.02 Å². The smallest absolute Gasteiger partial charge is 0.142 e. The third-order valence-electron chi connectivity index (χ3n) is 2.89. The lowest BCUT2D eigenvalue weighted by Crippen LogP contribution is -2.13. The van der Waals surface area contributed by atoms with Gasteiger partial charge < -0.3 is 10.1 Å². The van der Waals surface area contributed by atoms with Gasteiger partial charge in [0.15, 0.2) is 0 Å². The Hall–Kier alpha value is -1.22. The molecule has 0 radical (unpaired) electrons. The maximum Gasteiger partial charge on any atom is 0.142 e. The Labute approximate surface area is 129 Å². The topological polar surface area (TPSA) is 21.3 Å². The van der Waals surface area contributed by atoms with Gasteiger partial charge in [0.1, 0.15) is 12.4 Å². The Morgan fingerprint density at radius 1 is 1.10 bits per heavy atom. The Morgan fingerprint density at radius 2 is 1.90 bits per heavy atom.